The van der Waals surface area contributed by atoms with Crippen LogP contribution in [0.25, 0.3) is 5.69 Å². The summed E-state index contributed by atoms with van der Waals surface area (Å²) in [4.78, 5) is 4.68. The summed E-state index contributed by atoms with van der Waals surface area (Å²) < 4.78 is 16.1. The number of aryl methyl sites for hydroxylation is 1. The van der Waals surface area contributed by atoms with E-state index in [2.05, 4.69) is 15.4 Å². The number of amidine groups is 1. The molecule has 2 aromatic carbocycles. The van der Waals surface area contributed by atoms with Gasteiger partial charge in [-0.05, 0) is 44.0 Å². The van der Waals surface area contributed by atoms with Gasteiger partial charge in [-0.1, -0.05) is 30.3 Å². The van der Waals surface area contributed by atoms with E-state index in [1.807, 2.05) is 54.1 Å². The number of aromatic nitrogens is 2. The molecule has 1 fully saturated rings. The summed E-state index contributed by atoms with van der Waals surface area (Å²) in [5, 5.41) is 7.86. The first-order chi connectivity index (χ1) is 12.2. The van der Waals surface area contributed by atoms with Gasteiger partial charge < -0.3 is 5.32 Å². The highest BCUT2D eigenvalue weighted by molar-refractivity contribution is 6.08. The quantitative estimate of drug-likeness (QED) is 0.570. The minimum atomic E-state index is -0.281. The van der Waals surface area contributed by atoms with Crippen LogP contribution in [-0.2, 0) is 0 Å². The number of para-hydroxylation sites is 1. The van der Waals surface area contributed by atoms with Gasteiger partial charge in [0.25, 0.3) is 0 Å². The second-order valence-electron chi connectivity index (χ2n) is 6.23. The van der Waals surface area contributed by atoms with E-state index in [1.165, 1.54) is 6.07 Å². The Morgan fingerprint density at radius 1 is 1.12 bits per heavy atom. The van der Waals surface area contributed by atoms with Crippen LogP contribution in [-0.4, -0.2) is 21.7 Å². The van der Waals surface area contributed by atoms with Gasteiger partial charge in [-0.2, -0.15) is 5.10 Å². The highest BCUT2D eigenvalue weighted by Crippen LogP contribution is 2.26. The predicted octanol–water partition coefficient (Wildman–Crippen LogP) is 4.34. The maximum absolute atomic E-state index is 14.3. The van der Waals surface area contributed by atoms with Crippen LogP contribution in [0.15, 0.2) is 65.7 Å². The molecule has 1 N–H and O–H groups in total. The van der Waals surface area contributed by atoms with Crippen molar-refractivity contribution in [2.75, 3.05) is 5.32 Å². The van der Waals surface area contributed by atoms with Crippen molar-refractivity contribution in [1.29, 1.82) is 0 Å². The van der Waals surface area contributed by atoms with Crippen LogP contribution in [0, 0.1) is 12.7 Å². The summed E-state index contributed by atoms with van der Waals surface area (Å²) in [5.74, 6) is 1.04. The van der Waals surface area contributed by atoms with Gasteiger partial charge in [-0.25, -0.2) is 9.07 Å². The summed E-state index contributed by atoms with van der Waals surface area (Å²) in [6.07, 6.45) is 2.10. The minimum Gasteiger partial charge on any atom is -0.325 e. The molecule has 4 nitrogen and oxygen atoms in total. The molecule has 1 heterocycles. The Labute approximate surface area is 146 Å². The summed E-state index contributed by atoms with van der Waals surface area (Å²) in [6.45, 7) is 1.94. The van der Waals surface area contributed by atoms with Crippen LogP contribution in [0.3, 0.4) is 0 Å². The number of benzene rings is 2. The van der Waals surface area contributed by atoms with Crippen molar-refractivity contribution in [1.82, 2.24) is 9.78 Å². The first-order valence-electron chi connectivity index (χ1n) is 8.42. The Kier molecular flexibility index (Phi) is 4.06. The standard InChI is InChI=1S/C20H19FN4/c1-14-13-19(25(24-14)16-7-3-2-4-8-16)23-20(22-15-11-12-15)17-9-5-6-10-18(17)21/h2-10,13,15H,11-12H2,1H3,(H,22,23). The normalized spacial score (nSPS) is 14.6. The number of nitrogens with one attached hydrogen (secondary N) is 1. The molecular formula is C20H19FN4. The topological polar surface area (TPSA) is 42.2 Å². The van der Waals surface area contributed by atoms with Crippen molar-refractivity contribution in [2.45, 2.75) is 25.8 Å². The van der Waals surface area contributed by atoms with Gasteiger partial charge >= 0.3 is 0 Å². The fraction of sp³-hybridized carbons (Fsp3) is 0.200. The molecule has 0 atom stereocenters. The van der Waals surface area contributed by atoms with Crippen molar-refractivity contribution >= 4 is 11.7 Å². The lowest BCUT2D eigenvalue weighted by Gasteiger charge is -2.13. The lowest BCUT2D eigenvalue weighted by Crippen LogP contribution is -2.18. The highest BCUT2D eigenvalue weighted by Gasteiger charge is 2.23. The average Bonchev–Trinajstić information content (AvgIpc) is 3.36. The zero-order valence-electron chi connectivity index (χ0n) is 14.0. The van der Waals surface area contributed by atoms with Gasteiger partial charge in [0.1, 0.15) is 17.5 Å². The zero-order valence-corrected chi connectivity index (χ0v) is 14.0. The molecule has 1 aliphatic carbocycles. The van der Waals surface area contributed by atoms with Gasteiger partial charge in [0.15, 0.2) is 0 Å². The van der Waals surface area contributed by atoms with Gasteiger partial charge in [0.2, 0.25) is 0 Å². The molecule has 0 radical (unpaired) electrons. The Bertz CT molecular complexity index is 910. The maximum atomic E-state index is 14.3. The first-order valence-corrected chi connectivity index (χ1v) is 8.42. The van der Waals surface area contributed by atoms with E-state index in [0.717, 1.165) is 30.0 Å². The fourth-order valence-electron chi connectivity index (χ4n) is 2.68. The molecule has 0 amide bonds. The zero-order chi connectivity index (χ0) is 17.2. The third-order valence-electron chi connectivity index (χ3n) is 4.07. The van der Waals surface area contributed by atoms with Gasteiger partial charge in [0, 0.05) is 6.07 Å². The van der Waals surface area contributed by atoms with Crippen LogP contribution < -0.4 is 5.32 Å². The number of nitrogens with zero attached hydrogens (tertiary/aromatic N) is 3. The molecular weight excluding hydrogens is 315 g/mol. The number of rotatable bonds is 4. The molecule has 5 heteroatoms. The number of halogens is 1. The summed E-state index contributed by atoms with van der Waals surface area (Å²) >= 11 is 0. The molecule has 1 aliphatic rings. The Morgan fingerprint density at radius 2 is 1.84 bits per heavy atom. The smallest absolute Gasteiger partial charge is 0.137 e. The molecule has 3 aromatic rings. The van der Waals surface area contributed by atoms with E-state index in [9.17, 15) is 4.39 Å². The highest BCUT2D eigenvalue weighted by atomic mass is 19.1. The monoisotopic (exact) mass is 334 g/mol. The van der Waals surface area contributed by atoms with Crippen LogP contribution >= 0.6 is 0 Å². The van der Waals surface area contributed by atoms with Crippen LogP contribution in [0.1, 0.15) is 24.1 Å². The molecule has 1 saturated carbocycles. The first kappa shape index (κ1) is 15.6. The number of hydrogen-bond acceptors (Lipinski definition) is 2. The minimum absolute atomic E-state index is 0.274. The fourth-order valence-corrected chi connectivity index (χ4v) is 2.68. The van der Waals surface area contributed by atoms with Crippen molar-refractivity contribution in [3.05, 3.63) is 77.7 Å². The van der Waals surface area contributed by atoms with Gasteiger partial charge in [-0.3, -0.25) is 4.99 Å². The Balaban J connectivity index is 1.73. The van der Waals surface area contributed by atoms with Crippen LogP contribution in [0.4, 0.5) is 10.2 Å². The SMILES string of the molecule is Cc1cc(NC(=NC2CC2)c2ccccc2F)n(-c2ccccc2)n1. The third-order valence-corrected chi connectivity index (χ3v) is 4.07. The van der Waals surface area contributed by atoms with E-state index in [4.69, 9.17) is 0 Å². The molecule has 25 heavy (non-hydrogen) atoms. The molecule has 1 aromatic heterocycles. The molecule has 4 rings (SSSR count). The summed E-state index contributed by atoms with van der Waals surface area (Å²) in [5.41, 5.74) is 2.30. The van der Waals surface area contributed by atoms with E-state index in [1.54, 1.807) is 12.1 Å². The molecule has 0 saturated heterocycles. The molecule has 0 bridgehead atoms. The largest absolute Gasteiger partial charge is 0.325 e. The van der Waals surface area contributed by atoms with Crippen LogP contribution in [0.5, 0.6) is 0 Å². The molecule has 0 unspecified atom stereocenters. The lowest BCUT2D eigenvalue weighted by molar-refractivity contribution is 0.625. The second kappa shape index (κ2) is 6.51. The van der Waals surface area contributed by atoms with Crippen molar-refractivity contribution in [3.63, 3.8) is 0 Å². The third kappa shape index (κ3) is 3.45. The van der Waals surface area contributed by atoms with Crippen molar-refractivity contribution in [2.24, 2.45) is 4.99 Å². The number of aliphatic imine (C=N–C) groups is 1. The van der Waals surface area contributed by atoms with E-state index >= 15 is 0 Å². The Morgan fingerprint density at radius 3 is 2.56 bits per heavy atom. The van der Waals surface area contributed by atoms with E-state index < -0.39 is 0 Å². The Hall–Kier alpha value is -2.95. The van der Waals surface area contributed by atoms with E-state index in [-0.39, 0.29) is 11.9 Å². The molecule has 0 aliphatic heterocycles. The molecule has 0 spiro atoms. The van der Waals surface area contributed by atoms with E-state index in [0.29, 0.717) is 11.4 Å². The average molecular weight is 334 g/mol. The second-order valence-corrected chi connectivity index (χ2v) is 6.23. The summed E-state index contributed by atoms with van der Waals surface area (Å²) in [6, 6.07) is 18.8. The molecule has 126 valence electrons. The number of hydrogen-bond donors (Lipinski definition) is 1. The van der Waals surface area contributed by atoms with Gasteiger partial charge in [0.05, 0.1) is 23.0 Å². The summed E-state index contributed by atoms with van der Waals surface area (Å²) in [7, 11) is 0. The predicted molar refractivity (Wildman–Crippen MR) is 97.9 cm³/mol. The van der Waals surface area contributed by atoms with Crippen molar-refractivity contribution in [3.8, 4) is 5.69 Å². The number of anilines is 1. The maximum Gasteiger partial charge on any atom is 0.137 e. The van der Waals surface area contributed by atoms with Crippen molar-refractivity contribution < 1.29 is 4.39 Å². The lowest BCUT2D eigenvalue weighted by atomic mass is 10.2. The van der Waals surface area contributed by atoms with Gasteiger partial charge in [-0.15, -0.1) is 0 Å². The van der Waals surface area contributed by atoms with Crippen LogP contribution in [0.2, 0.25) is 0 Å².